The SMILES string of the molecule is CCOC(=O)/C(C)=C(\C)OC(=O)C1(c2ccccc2)CC1. The van der Waals surface area contributed by atoms with E-state index in [4.69, 9.17) is 9.47 Å². The van der Waals surface area contributed by atoms with Crippen LogP contribution >= 0.6 is 0 Å². The number of benzene rings is 1. The Labute approximate surface area is 124 Å². The fourth-order valence-corrected chi connectivity index (χ4v) is 2.19. The molecule has 21 heavy (non-hydrogen) atoms. The summed E-state index contributed by atoms with van der Waals surface area (Å²) in [5, 5.41) is 0. The van der Waals surface area contributed by atoms with Crippen LogP contribution < -0.4 is 0 Å². The maximum Gasteiger partial charge on any atom is 0.337 e. The number of hydrogen-bond acceptors (Lipinski definition) is 4. The summed E-state index contributed by atoms with van der Waals surface area (Å²) in [7, 11) is 0. The van der Waals surface area contributed by atoms with Crippen molar-refractivity contribution in [2.45, 2.75) is 39.0 Å². The molecule has 0 radical (unpaired) electrons. The van der Waals surface area contributed by atoms with E-state index < -0.39 is 11.4 Å². The smallest absolute Gasteiger partial charge is 0.337 e. The number of carbonyl (C=O) groups is 2. The van der Waals surface area contributed by atoms with Crippen LogP contribution in [0.3, 0.4) is 0 Å². The zero-order valence-electron chi connectivity index (χ0n) is 12.6. The number of allylic oxidation sites excluding steroid dienone is 1. The Hall–Kier alpha value is -2.10. The lowest BCUT2D eigenvalue weighted by Gasteiger charge is -2.16. The first-order valence-electron chi connectivity index (χ1n) is 7.13. The van der Waals surface area contributed by atoms with Gasteiger partial charge in [0.2, 0.25) is 0 Å². The lowest BCUT2D eigenvalue weighted by molar-refractivity contribution is -0.143. The van der Waals surface area contributed by atoms with Gasteiger partial charge in [0, 0.05) is 0 Å². The summed E-state index contributed by atoms with van der Waals surface area (Å²) >= 11 is 0. The first kappa shape index (κ1) is 15.3. The highest BCUT2D eigenvalue weighted by atomic mass is 16.5. The van der Waals surface area contributed by atoms with E-state index in [-0.39, 0.29) is 5.97 Å². The van der Waals surface area contributed by atoms with Crippen LogP contribution in [0, 0.1) is 0 Å². The molecule has 0 N–H and O–H groups in total. The third kappa shape index (κ3) is 3.15. The van der Waals surface area contributed by atoms with Gasteiger partial charge in [0.15, 0.2) is 0 Å². The molecule has 1 fully saturated rings. The fraction of sp³-hybridized carbons (Fsp3) is 0.412. The predicted octanol–water partition coefficient (Wildman–Crippen LogP) is 3.12. The number of hydrogen-bond donors (Lipinski definition) is 0. The van der Waals surface area contributed by atoms with Gasteiger partial charge >= 0.3 is 11.9 Å². The molecule has 0 unspecified atom stereocenters. The Kier molecular flexibility index (Phi) is 4.46. The Balaban J connectivity index is 2.12. The van der Waals surface area contributed by atoms with E-state index in [1.807, 2.05) is 30.3 Å². The monoisotopic (exact) mass is 288 g/mol. The van der Waals surface area contributed by atoms with Crippen LogP contribution in [0.2, 0.25) is 0 Å². The molecule has 0 saturated heterocycles. The van der Waals surface area contributed by atoms with Gasteiger partial charge in [-0.3, -0.25) is 4.79 Å². The summed E-state index contributed by atoms with van der Waals surface area (Å²) in [6.45, 7) is 5.25. The maximum absolute atomic E-state index is 12.4. The number of esters is 2. The van der Waals surface area contributed by atoms with E-state index in [0.717, 1.165) is 18.4 Å². The van der Waals surface area contributed by atoms with Gasteiger partial charge in [-0.25, -0.2) is 4.79 Å². The molecular formula is C17H20O4. The van der Waals surface area contributed by atoms with E-state index in [1.54, 1.807) is 20.8 Å². The predicted molar refractivity (Wildman–Crippen MR) is 78.5 cm³/mol. The number of ether oxygens (including phenoxy) is 2. The van der Waals surface area contributed by atoms with Crippen LogP contribution in [0.1, 0.15) is 39.2 Å². The first-order chi connectivity index (χ1) is 10.0. The van der Waals surface area contributed by atoms with Crippen molar-refractivity contribution in [2.24, 2.45) is 0 Å². The molecule has 2 rings (SSSR count). The topological polar surface area (TPSA) is 52.6 Å². The van der Waals surface area contributed by atoms with Crippen molar-refractivity contribution in [1.29, 1.82) is 0 Å². The number of rotatable bonds is 5. The average Bonchev–Trinajstić information content (AvgIpc) is 3.29. The molecule has 1 aliphatic rings. The van der Waals surface area contributed by atoms with Gasteiger partial charge in [-0.05, 0) is 39.2 Å². The molecule has 4 nitrogen and oxygen atoms in total. The fourth-order valence-electron chi connectivity index (χ4n) is 2.19. The van der Waals surface area contributed by atoms with Gasteiger partial charge < -0.3 is 9.47 Å². The van der Waals surface area contributed by atoms with Crippen LogP contribution in [-0.2, 0) is 24.5 Å². The molecule has 1 saturated carbocycles. The summed E-state index contributed by atoms with van der Waals surface area (Å²) in [4.78, 5) is 24.0. The lowest BCUT2D eigenvalue weighted by atomic mass is 9.96. The van der Waals surface area contributed by atoms with Gasteiger partial charge in [-0.1, -0.05) is 30.3 Å². The Morgan fingerprint density at radius 2 is 1.76 bits per heavy atom. The van der Waals surface area contributed by atoms with Gasteiger partial charge in [0.05, 0.1) is 17.6 Å². The number of carbonyl (C=O) groups excluding carboxylic acids is 2. The summed E-state index contributed by atoms with van der Waals surface area (Å²) in [6, 6.07) is 9.61. The molecule has 112 valence electrons. The third-order valence-electron chi connectivity index (χ3n) is 3.82. The zero-order chi connectivity index (χ0) is 15.5. The minimum atomic E-state index is -0.544. The van der Waals surface area contributed by atoms with E-state index >= 15 is 0 Å². The first-order valence-corrected chi connectivity index (χ1v) is 7.13. The van der Waals surface area contributed by atoms with Crippen LogP contribution in [0.5, 0.6) is 0 Å². The quantitative estimate of drug-likeness (QED) is 0.474. The van der Waals surface area contributed by atoms with Crippen molar-refractivity contribution in [1.82, 2.24) is 0 Å². The normalized spacial score (nSPS) is 16.7. The van der Waals surface area contributed by atoms with Gasteiger partial charge in [-0.15, -0.1) is 0 Å². The minimum absolute atomic E-state index is 0.296. The summed E-state index contributed by atoms with van der Waals surface area (Å²) in [6.07, 6.45) is 1.56. The molecular weight excluding hydrogens is 268 g/mol. The van der Waals surface area contributed by atoms with Crippen molar-refractivity contribution in [3.63, 3.8) is 0 Å². The Morgan fingerprint density at radius 1 is 1.14 bits per heavy atom. The van der Waals surface area contributed by atoms with Crippen molar-refractivity contribution in [3.05, 3.63) is 47.2 Å². The van der Waals surface area contributed by atoms with Crippen molar-refractivity contribution < 1.29 is 19.1 Å². The third-order valence-corrected chi connectivity index (χ3v) is 3.82. The molecule has 1 aliphatic carbocycles. The van der Waals surface area contributed by atoms with Crippen molar-refractivity contribution >= 4 is 11.9 Å². The molecule has 0 bridgehead atoms. The molecule has 1 aromatic rings. The highest BCUT2D eigenvalue weighted by molar-refractivity contribution is 5.91. The highest BCUT2D eigenvalue weighted by Crippen LogP contribution is 2.49. The van der Waals surface area contributed by atoms with Crippen LogP contribution in [-0.4, -0.2) is 18.5 Å². The largest absolute Gasteiger partial charge is 0.463 e. The van der Waals surface area contributed by atoms with Crippen LogP contribution in [0.25, 0.3) is 0 Å². The minimum Gasteiger partial charge on any atom is -0.463 e. The van der Waals surface area contributed by atoms with Crippen LogP contribution in [0.4, 0.5) is 0 Å². The summed E-state index contributed by atoms with van der Waals surface area (Å²) in [5.41, 5.74) is 0.753. The van der Waals surface area contributed by atoms with E-state index in [2.05, 4.69) is 0 Å². The average molecular weight is 288 g/mol. The molecule has 0 spiro atoms. The molecule has 0 aliphatic heterocycles. The maximum atomic E-state index is 12.4. The lowest BCUT2D eigenvalue weighted by Crippen LogP contribution is -2.23. The molecule has 1 aromatic carbocycles. The van der Waals surface area contributed by atoms with E-state index in [1.165, 1.54) is 0 Å². The van der Waals surface area contributed by atoms with Gasteiger partial charge in [-0.2, -0.15) is 0 Å². The molecule has 0 aromatic heterocycles. The Morgan fingerprint density at radius 3 is 2.29 bits per heavy atom. The second kappa shape index (κ2) is 6.12. The highest BCUT2D eigenvalue weighted by Gasteiger charge is 2.53. The molecule has 0 heterocycles. The summed E-state index contributed by atoms with van der Waals surface area (Å²) < 4.78 is 10.3. The second-order valence-electron chi connectivity index (χ2n) is 5.24. The molecule has 0 amide bonds. The second-order valence-corrected chi connectivity index (χ2v) is 5.24. The van der Waals surface area contributed by atoms with Crippen molar-refractivity contribution in [3.8, 4) is 0 Å². The van der Waals surface area contributed by atoms with E-state index in [0.29, 0.717) is 17.9 Å². The van der Waals surface area contributed by atoms with Crippen molar-refractivity contribution in [2.75, 3.05) is 6.61 Å². The summed E-state index contributed by atoms with van der Waals surface area (Å²) in [5.74, 6) is -0.442. The molecule has 0 atom stereocenters. The Bertz CT molecular complexity index is 568. The zero-order valence-corrected chi connectivity index (χ0v) is 12.6. The standard InChI is InChI=1S/C17H20O4/c1-4-20-15(18)12(2)13(3)21-16(19)17(10-11-17)14-8-6-5-7-9-14/h5-9H,4,10-11H2,1-3H3/b13-12+. The molecule has 4 heteroatoms. The van der Waals surface area contributed by atoms with Gasteiger partial charge in [0.25, 0.3) is 0 Å². The van der Waals surface area contributed by atoms with Crippen LogP contribution in [0.15, 0.2) is 41.7 Å². The van der Waals surface area contributed by atoms with Gasteiger partial charge in [0.1, 0.15) is 5.76 Å². The van der Waals surface area contributed by atoms with E-state index in [9.17, 15) is 9.59 Å².